The number of hydrogen-bond acceptors (Lipinski definition) is 6. The van der Waals surface area contributed by atoms with Crippen LogP contribution in [0.25, 0.3) is 0 Å². The predicted molar refractivity (Wildman–Crippen MR) is 108 cm³/mol. The van der Waals surface area contributed by atoms with Gasteiger partial charge in [-0.1, -0.05) is 39.8 Å². The zero-order valence-electron chi connectivity index (χ0n) is 17.3. The van der Waals surface area contributed by atoms with Gasteiger partial charge < -0.3 is 9.64 Å². The molecule has 0 saturated carbocycles. The second-order valence-electron chi connectivity index (χ2n) is 7.85. The first-order valence-electron chi connectivity index (χ1n) is 9.93. The SMILES string of the molecule is CC/C=C/C1=C(C(=O)OC(=O)c2ccc([N+](=O)[O-])cc2)N2C(=O)[C@H](C(C)C)[C@H]2[C@H]1C. The number of hydrogen-bond donors (Lipinski definition) is 0. The van der Waals surface area contributed by atoms with Gasteiger partial charge in [-0.3, -0.25) is 14.9 Å². The van der Waals surface area contributed by atoms with Gasteiger partial charge in [-0.05, 0) is 30.0 Å². The minimum absolute atomic E-state index is 0.0118. The largest absolute Gasteiger partial charge is 0.385 e. The Bertz CT molecular complexity index is 960. The number of allylic oxidation sites excluding steroid dienone is 2. The first-order valence-corrected chi connectivity index (χ1v) is 9.93. The van der Waals surface area contributed by atoms with E-state index in [-0.39, 0.29) is 46.7 Å². The lowest BCUT2D eigenvalue weighted by atomic mass is 9.74. The molecular weight excluding hydrogens is 388 g/mol. The molecule has 8 nitrogen and oxygen atoms in total. The lowest BCUT2D eigenvalue weighted by molar-refractivity contribution is -0.384. The van der Waals surface area contributed by atoms with Gasteiger partial charge in [0.05, 0.1) is 22.4 Å². The molecule has 30 heavy (non-hydrogen) atoms. The minimum atomic E-state index is -0.925. The highest BCUT2D eigenvalue weighted by Crippen LogP contribution is 2.49. The van der Waals surface area contributed by atoms with Gasteiger partial charge in [-0.2, -0.15) is 0 Å². The van der Waals surface area contributed by atoms with Crippen molar-refractivity contribution in [1.29, 1.82) is 0 Å². The van der Waals surface area contributed by atoms with Crippen molar-refractivity contribution in [3.05, 3.63) is 63.4 Å². The first-order chi connectivity index (χ1) is 14.2. The zero-order valence-corrected chi connectivity index (χ0v) is 17.3. The van der Waals surface area contributed by atoms with E-state index in [0.717, 1.165) is 18.6 Å². The molecule has 0 bridgehead atoms. The maximum atomic E-state index is 12.9. The molecule has 3 rings (SSSR count). The van der Waals surface area contributed by atoms with E-state index in [1.807, 2.05) is 39.8 Å². The fourth-order valence-electron chi connectivity index (χ4n) is 4.15. The van der Waals surface area contributed by atoms with Gasteiger partial charge in [0.25, 0.3) is 5.69 Å². The standard InChI is InChI=1S/C22H24N2O6/c1-5-6-7-16-13(4)18-17(12(2)3)20(25)23(18)19(16)22(27)30-21(26)14-8-10-15(11-9-14)24(28)29/h6-13,17-18H,5H2,1-4H3/b7-6+/t13-,17+,18+/m0/s1. The van der Waals surface area contributed by atoms with Crippen molar-refractivity contribution in [1.82, 2.24) is 4.90 Å². The summed E-state index contributed by atoms with van der Waals surface area (Å²) in [7, 11) is 0. The van der Waals surface area contributed by atoms with Crippen molar-refractivity contribution in [2.24, 2.45) is 17.8 Å². The molecule has 2 heterocycles. The Labute approximate surface area is 174 Å². The molecule has 1 aromatic carbocycles. The number of rotatable bonds is 6. The Balaban J connectivity index is 1.87. The third kappa shape index (κ3) is 3.53. The summed E-state index contributed by atoms with van der Waals surface area (Å²) in [6.45, 7) is 7.88. The summed E-state index contributed by atoms with van der Waals surface area (Å²) in [4.78, 5) is 49.6. The van der Waals surface area contributed by atoms with Crippen molar-refractivity contribution < 1.29 is 24.0 Å². The van der Waals surface area contributed by atoms with E-state index >= 15 is 0 Å². The third-order valence-corrected chi connectivity index (χ3v) is 5.65. The number of nitrogens with zero attached hydrogens (tertiary/aromatic N) is 2. The molecule has 2 aliphatic rings. The Kier molecular flexibility index (Phi) is 5.87. The summed E-state index contributed by atoms with van der Waals surface area (Å²) < 4.78 is 5.04. The molecule has 8 heteroatoms. The Morgan fingerprint density at radius 3 is 2.40 bits per heavy atom. The van der Waals surface area contributed by atoms with Gasteiger partial charge in [0.15, 0.2) is 0 Å². The Morgan fingerprint density at radius 2 is 1.87 bits per heavy atom. The van der Waals surface area contributed by atoms with Crippen molar-refractivity contribution in [3.8, 4) is 0 Å². The van der Waals surface area contributed by atoms with Crippen LogP contribution in [0.2, 0.25) is 0 Å². The van der Waals surface area contributed by atoms with Crippen LogP contribution in [0.3, 0.4) is 0 Å². The molecular formula is C22H24N2O6. The molecule has 0 aromatic heterocycles. The van der Waals surface area contributed by atoms with Crippen LogP contribution in [-0.4, -0.2) is 33.7 Å². The normalized spacial score (nSPS) is 23.0. The highest BCUT2D eigenvalue weighted by Gasteiger charge is 2.59. The fourth-order valence-corrected chi connectivity index (χ4v) is 4.15. The van der Waals surface area contributed by atoms with Crippen LogP contribution < -0.4 is 0 Å². The molecule has 0 unspecified atom stereocenters. The Hall–Kier alpha value is -3.29. The number of ether oxygens (including phenoxy) is 1. The summed E-state index contributed by atoms with van der Waals surface area (Å²) >= 11 is 0. The molecule has 1 amide bonds. The number of benzene rings is 1. The average molecular weight is 412 g/mol. The number of carbonyl (C=O) groups excluding carboxylic acids is 3. The van der Waals surface area contributed by atoms with Crippen molar-refractivity contribution >= 4 is 23.5 Å². The van der Waals surface area contributed by atoms with Gasteiger partial charge in [0, 0.05) is 18.1 Å². The number of β-lactam (4-membered cyclic amide) rings is 1. The van der Waals surface area contributed by atoms with Crippen LogP contribution in [-0.2, 0) is 14.3 Å². The lowest BCUT2D eigenvalue weighted by Crippen LogP contribution is -2.62. The number of non-ortho nitro benzene ring substituents is 1. The molecule has 1 saturated heterocycles. The zero-order chi connectivity index (χ0) is 22.2. The highest BCUT2D eigenvalue weighted by atomic mass is 16.6. The summed E-state index contributed by atoms with van der Waals surface area (Å²) in [5, 5.41) is 10.8. The quantitative estimate of drug-likeness (QED) is 0.232. The topological polar surface area (TPSA) is 107 Å². The maximum absolute atomic E-state index is 12.9. The smallest absolute Gasteiger partial charge is 0.363 e. The van der Waals surface area contributed by atoms with Crippen molar-refractivity contribution in [3.63, 3.8) is 0 Å². The number of nitro groups is 1. The highest BCUT2D eigenvalue weighted by molar-refractivity contribution is 6.06. The number of nitro benzene ring substituents is 1. The van der Waals surface area contributed by atoms with Crippen molar-refractivity contribution in [2.45, 2.75) is 40.2 Å². The second kappa shape index (κ2) is 8.22. The van der Waals surface area contributed by atoms with Crippen LogP contribution in [0.1, 0.15) is 44.5 Å². The predicted octanol–water partition coefficient (Wildman–Crippen LogP) is 3.63. The minimum Gasteiger partial charge on any atom is -0.385 e. The molecule has 158 valence electrons. The van der Waals surface area contributed by atoms with E-state index in [1.165, 1.54) is 17.0 Å². The van der Waals surface area contributed by atoms with E-state index in [4.69, 9.17) is 4.74 Å². The molecule has 3 atom stereocenters. The number of fused-ring (bicyclic) bond motifs is 1. The van der Waals surface area contributed by atoms with E-state index < -0.39 is 16.9 Å². The van der Waals surface area contributed by atoms with E-state index in [1.54, 1.807) is 0 Å². The van der Waals surface area contributed by atoms with Gasteiger partial charge in [0.2, 0.25) is 5.91 Å². The number of carbonyl (C=O) groups is 3. The van der Waals surface area contributed by atoms with Gasteiger partial charge in [-0.15, -0.1) is 0 Å². The summed E-state index contributed by atoms with van der Waals surface area (Å²) in [6.07, 6.45) is 4.48. The molecule has 0 aliphatic carbocycles. The van der Waals surface area contributed by atoms with Crippen LogP contribution in [0.5, 0.6) is 0 Å². The molecule has 0 spiro atoms. The molecule has 1 aromatic rings. The van der Waals surface area contributed by atoms with E-state index in [0.29, 0.717) is 5.57 Å². The Morgan fingerprint density at radius 1 is 1.23 bits per heavy atom. The van der Waals surface area contributed by atoms with Crippen LogP contribution in [0, 0.1) is 27.9 Å². The van der Waals surface area contributed by atoms with Crippen LogP contribution in [0.4, 0.5) is 5.69 Å². The van der Waals surface area contributed by atoms with Crippen LogP contribution in [0.15, 0.2) is 47.7 Å². The summed E-state index contributed by atoms with van der Waals surface area (Å²) in [5.41, 5.74) is 0.623. The van der Waals surface area contributed by atoms with Gasteiger partial charge >= 0.3 is 11.9 Å². The monoisotopic (exact) mass is 412 g/mol. The number of esters is 2. The molecule has 2 aliphatic heterocycles. The van der Waals surface area contributed by atoms with Gasteiger partial charge in [-0.25, -0.2) is 9.59 Å². The molecule has 0 N–H and O–H groups in total. The average Bonchev–Trinajstić information content (AvgIpc) is 2.94. The van der Waals surface area contributed by atoms with E-state index in [9.17, 15) is 24.5 Å². The summed E-state index contributed by atoms with van der Waals surface area (Å²) in [6, 6.07) is 4.64. The number of amides is 1. The molecule has 1 fully saturated rings. The van der Waals surface area contributed by atoms with E-state index in [2.05, 4.69) is 0 Å². The lowest BCUT2D eigenvalue weighted by Gasteiger charge is -2.47. The first kappa shape index (κ1) is 21.4. The summed E-state index contributed by atoms with van der Waals surface area (Å²) in [5.74, 6) is -2.06. The second-order valence-corrected chi connectivity index (χ2v) is 7.85. The third-order valence-electron chi connectivity index (χ3n) is 5.65. The van der Waals surface area contributed by atoms with Gasteiger partial charge in [0.1, 0.15) is 5.70 Å². The van der Waals surface area contributed by atoms with Crippen LogP contribution >= 0.6 is 0 Å². The van der Waals surface area contributed by atoms with Crippen molar-refractivity contribution in [2.75, 3.05) is 0 Å². The fraction of sp³-hybridized carbons (Fsp3) is 0.409. The molecule has 0 radical (unpaired) electrons. The maximum Gasteiger partial charge on any atom is 0.363 e.